The highest BCUT2D eigenvalue weighted by atomic mass is 19.4. The van der Waals surface area contributed by atoms with E-state index in [9.17, 15) is 22.8 Å². The minimum absolute atomic E-state index is 0.0334. The Kier molecular flexibility index (Phi) is 6.27. The van der Waals surface area contributed by atoms with Crippen LogP contribution >= 0.6 is 0 Å². The van der Waals surface area contributed by atoms with Gasteiger partial charge >= 0.3 is 18.1 Å². The van der Waals surface area contributed by atoms with Gasteiger partial charge in [0.2, 0.25) is 5.75 Å². The monoisotopic (exact) mass is 351 g/mol. The van der Waals surface area contributed by atoms with Crippen molar-refractivity contribution in [2.75, 3.05) is 28.4 Å². The van der Waals surface area contributed by atoms with E-state index in [1.807, 2.05) is 0 Å². The number of halogens is 3. The molecule has 1 N–H and O–H groups in total. The van der Waals surface area contributed by atoms with Crippen molar-refractivity contribution in [3.63, 3.8) is 0 Å². The van der Waals surface area contributed by atoms with Gasteiger partial charge in [0, 0.05) is 0 Å². The van der Waals surface area contributed by atoms with Crippen LogP contribution in [0.1, 0.15) is 11.6 Å². The third-order valence-electron chi connectivity index (χ3n) is 2.99. The molecule has 0 aliphatic carbocycles. The van der Waals surface area contributed by atoms with E-state index < -0.39 is 24.1 Å². The molecule has 1 unspecified atom stereocenters. The van der Waals surface area contributed by atoms with Crippen LogP contribution in [0.4, 0.5) is 13.2 Å². The highest BCUT2D eigenvalue weighted by Gasteiger charge is 2.41. The van der Waals surface area contributed by atoms with Gasteiger partial charge in [-0.3, -0.25) is 4.79 Å². The number of methoxy groups -OCH3 is 4. The molecule has 0 aromatic heterocycles. The van der Waals surface area contributed by atoms with Crippen LogP contribution in [0.3, 0.4) is 0 Å². The Hall–Kier alpha value is -2.65. The first-order valence-electron chi connectivity index (χ1n) is 6.45. The molecule has 0 spiro atoms. The molecule has 10 heteroatoms. The fourth-order valence-corrected chi connectivity index (χ4v) is 1.88. The van der Waals surface area contributed by atoms with E-state index in [4.69, 9.17) is 14.2 Å². The third-order valence-corrected chi connectivity index (χ3v) is 2.99. The second-order valence-electron chi connectivity index (χ2n) is 4.39. The highest BCUT2D eigenvalue weighted by molar-refractivity contribution is 5.88. The molecule has 0 aliphatic heterocycles. The summed E-state index contributed by atoms with van der Waals surface area (Å²) in [6.45, 7) is 0. The largest absolute Gasteiger partial charge is 0.493 e. The van der Waals surface area contributed by atoms with Gasteiger partial charge in [0.15, 0.2) is 17.5 Å². The summed E-state index contributed by atoms with van der Waals surface area (Å²) in [5.74, 6) is -3.01. The third kappa shape index (κ3) is 4.21. The van der Waals surface area contributed by atoms with Gasteiger partial charge in [-0.1, -0.05) is 0 Å². The first kappa shape index (κ1) is 19.4. The molecule has 1 atom stereocenters. The summed E-state index contributed by atoms with van der Waals surface area (Å²) in [6, 6.07) is 0.761. The molecule has 1 aromatic rings. The van der Waals surface area contributed by atoms with Crippen LogP contribution in [-0.2, 0) is 14.3 Å². The normalized spacial score (nSPS) is 12.1. The summed E-state index contributed by atoms with van der Waals surface area (Å²) >= 11 is 0. The van der Waals surface area contributed by atoms with Gasteiger partial charge < -0.3 is 24.3 Å². The lowest BCUT2D eigenvalue weighted by Gasteiger charge is -2.20. The second-order valence-corrected chi connectivity index (χ2v) is 4.39. The molecular formula is C14H16F3NO6. The van der Waals surface area contributed by atoms with Crippen LogP contribution in [0.5, 0.6) is 17.2 Å². The summed E-state index contributed by atoms with van der Waals surface area (Å²) in [7, 11) is 4.90. The Morgan fingerprint density at radius 3 is 1.83 bits per heavy atom. The average molecular weight is 351 g/mol. The molecule has 0 saturated heterocycles. The summed E-state index contributed by atoms with van der Waals surface area (Å²) in [5.41, 5.74) is -0.0334. The van der Waals surface area contributed by atoms with Crippen molar-refractivity contribution in [1.29, 1.82) is 0 Å². The molecule has 0 fully saturated rings. The van der Waals surface area contributed by atoms with Gasteiger partial charge in [-0.05, 0) is 17.7 Å². The number of rotatable bonds is 6. The molecule has 0 saturated carbocycles. The molecule has 1 amide bonds. The first-order valence-corrected chi connectivity index (χ1v) is 6.45. The molecule has 134 valence electrons. The molecular weight excluding hydrogens is 335 g/mol. The molecule has 7 nitrogen and oxygen atoms in total. The summed E-state index contributed by atoms with van der Waals surface area (Å²) in [6.07, 6.45) is -5.16. The van der Waals surface area contributed by atoms with E-state index >= 15 is 0 Å². The van der Waals surface area contributed by atoms with E-state index in [2.05, 4.69) is 4.74 Å². The Labute approximate surface area is 135 Å². The van der Waals surface area contributed by atoms with Crippen LogP contribution in [-0.4, -0.2) is 46.5 Å². The quantitative estimate of drug-likeness (QED) is 0.784. The number of hydrogen-bond donors (Lipinski definition) is 1. The first-order chi connectivity index (χ1) is 11.2. The van der Waals surface area contributed by atoms with Gasteiger partial charge in [0.25, 0.3) is 0 Å². The maximum absolute atomic E-state index is 12.5. The molecule has 0 bridgehead atoms. The van der Waals surface area contributed by atoms with Crippen LogP contribution in [0.15, 0.2) is 12.1 Å². The van der Waals surface area contributed by atoms with Gasteiger partial charge in [0.05, 0.1) is 28.4 Å². The zero-order chi connectivity index (χ0) is 18.5. The lowest BCUT2D eigenvalue weighted by atomic mass is 10.1. The minimum atomic E-state index is -5.16. The van der Waals surface area contributed by atoms with Crippen molar-refractivity contribution in [3.05, 3.63) is 17.7 Å². The Bertz CT molecular complexity index is 592. The van der Waals surface area contributed by atoms with E-state index in [1.54, 1.807) is 5.32 Å². The molecule has 1 rings (SSSR count). The molecule has 0 heterocycles. The summed E-state index contributed by atoms with van der Waals surface area (Å²) < 4.78 is 57.1. The van der Waals surface area contributed by atoms with Crippen molar-refractivity contribution in [2.24, 2.45) is 0 Å². The van der Waals surface area contributed by atoms with Gasteiger partial charge in [-0.15, -0.1) is 0 Å². The topological polar surface area (TPSA) is 83.1 Å². The molecule has 1 aromatic carbocycles. The van der Waals surface area contributed by atoms with Crippen LogP contribution in [0, 0.1) is 0 Å². The number of hydrogen-bond acceptors (Lipinski definition) is 6. The maximum Gasteiger partial charge on any atom is 0.471 e. The molecule has 24 heavy (non-hydrogen) atoms. The fourth-order valence-electron chi connectivity index (χ4n) is 1.88. The lowest BCUT2D eigenvalue weighted by Crippen LogP contribution is -2.42. The van der Waals surface area contributed by atoms with Crippen molar-refractivity contribution in [3.8, 4) is 17.2 Å². The van der Waals surface area contributed by atoms with Crippen LogP contribution in [0.25, 0.3) is 0 Å². The zero-order valence-electron chi connectivity index (χ0n) is 13.3. The zero-order valence-corrected chi connectivity index (χ0v) is 13.3. The number of benzene rings is 1. The smallest absolute Gasteiger partial charge is 0.471 e. The number of nitrogens with one attached hydrogen (secondary N) is 1. The molecule has 0 radical (unpaired) electrons. The standard InChI is InChI=1S/C14H16F3NO6/c1-21-8-5-7(6-9(22-2)11(8)23-3)10(12(19)24-4)18-13(20)14(15,16)17/h5-6,10H,1-4H3,(H,18,20). The number of ether oxygens (including phenoxy) is 4. The number of carbonyl (C=O) groups excluding carboxylic acids is 2. The fraction of sp³-hybridized carbons (Fsp3) is 0.429. The van der Waals surface area contributed by atoms with Crippen LogP contribution in [0.2, 0.25) is 0 Å². The highest BCUT2D eigenvalue weighted by Crippen LogP contribution is 2.40. The van der Waals surface area contributed by atoms with E-state index in [0.717, 1.165) is 7.11 Å². The summed E-state index contributed by atoms with van der Waals surface area (Å²) in [5, 5.41) is 1.57. The number of amides is 1. The van der Waals surface area contributed by atoms with Gasteiger partial charge in [-0.25, -0.2) is 4.79 Å². The van der Waals surface area contributed by atoms with Gasteiger partial charge in [0.1, 0.15) is 0 Å². The second kappa shape index (κ2) is 7.75. The predicted molar refractivity (Wildman–Crippen MR) is 75.1 cm³/mol. The van der Waals surface area contributed by atoms with Crippen molar-refractivity contribution in [2.45, 2.75) is 12.2 Å². The van der Waals surface area contributed by atoms with Crippen molar-refractivity contribution < 1.29 is 41.7 Å². The predicted octanol–water partition coefficient (Wildman–Crippen LogP) is 1.60. The Morgan fingerprint density at radius 1 is 1.00 bits per heavy atom. The van der Waals surface area contributed by atoms with E-state index in [0.29, 0.717) is 0 Å². The Balaban J connectivity index is 3.38. The lowest BCUT2D eigenvalue weighted by molar-refractivity contribution is -0.175. The SMILES string of the molecule is COC(=O)C(NC(=O)C(F)(F)F)c1cc(OC)c(OC)c(OC)c1. The van der Waals surface area contributed by atoms with Crippen LogP contribution < -0.4 is 19.5 Å². The van der Waals surface area contributed by atoms with Crippen molar-refractivity contribution in [1.82, 2.24) is 5.32 Å². The summed E-state index contributed by atoms with van der Waals surface area (Å²) in [4.78, 5) is 23.0. The number of esters is 1. The number of alkyl halides is 3. The average Bonchev–Trinajstić information content (AvgIpc) is 2.56. The minimum Gasteiger partial charge on any atom is -0.493 e. The Morgan fingerprint density at radius 2 is 1.50 bits per heavy atom. The van der Waals surface area contributed by atoms with E-state index in [1.165, 1.54) is 33.5 Å². The van der Waals surface area contributed by atoms with Crippen molar-refractivity contribution >= 4 is 11.9 Å². The number of carbonyl (C=O) groups is 2. The van der Waals surface area contributed by atoms with E-state index in [-0.39, 0.29) is 22.8 Å². The molecule has 0 aliphatic rings. The maximum atomic E-state index is 12.5. The van der Waals surface area contributed by atoms with Gasteiger partial charge in [-0.2, -0.15) is 13.2 Å².